The van der Waals surface area contributed by atoms with Crippen molar-refractivity contribution in [2.24, 2.45) is 0 Å². The molecule has 0 amide bonds. The fourth-order valence-corrected chi connectivity index (χ4v) is 8.11. The first-order valence-corrected chi connectivity index (χ1v) is 18.2. The Hall–Kier alpha value is -8.24. The van der Waals surface area contributed by atoms with Crippen molar-refractivity contribution in [3.05, 3.63) is 187 Å². The van der Waals surface area contributed by atoms with Gasteiger partial charge in [-0.15, -0.1) is 0 Å². The van der Waals surface area contributed by atoms with Crippen LogP contribution < -0.4 is 0 Å². The van der Waals surface area contributed by atoms with E-state index in [9.17, 15) is 15.8 Å². The third-order valence-electron chi connectivity index (χ3n) is 10.7. The number of pyridine rings is 1. The van der Waals surface area contributed by atoms with E-state index in [2.05, 4.69) is 118 Å². The van der Waals surface area contributed by atoms with Crippen molar-refractivity contribution in [2.45, 2.75) is 0 Å². The average molecular weight is 713 g/mol. The average Bonchev–Trinajstić information content (AvgIpc) is 3.78. The van der Waals surface area contributed by atoms with E-state index in [0.717, 1.165) is 88.4 Å². The number of aromatic nitrogens is 3. The van der Waals surface area contributed by atoms with Gasteiger partial charge in [0.1, 0.15) is 0 Å². The molecular weight excluding hydrogens is 685 g/mol. The minimum atomic E-state index is 0.562. The van der Waals surface area contributed by atoms with Crippen LogP contribution >= 0.6 is 0 Å². The van der Waals surface area contributed by atoms with Gasteiger partial charge >= 0.3 is 0 Å². The van der Waals surface area contributed by atoms with Crippen LogP contribution in [0.4, 0.5) is 0 Å². The summed E-state index contributed by atoms with van der Waals surface area (Å²) in [5, 5.41) is 33.4. The van der Waals surface area contributed by atoms with E-state index in [0.29, 0.717) is 16.7 Å². The lowest BCUT2D eigenvalue weighted by atomic mass is 10.00. The van der Waals surface area contributed by atoms with Gasteiger partial charge in [-0.1, -0.05) is 97.1 Å². The van der Waals surface area contributed by atoms with Gasteiger partial charge in [0, 0.05) is 27.1 Å². The molecule has 0 fully saturated rings. The molecule has 0 aliphatic heterocycles. The van der Waals surface area contributed by atoms with Crippen molar-refractivity contribution in [3.8, 4) is 63.0 Å². The maximum Gasteiger partial charge on any atom is 0.0991 e. The van der Waals surface area contributed by atoms with Gasteiger partial charge in [0.15, 0.2) is 0 Å². The van der Waals surface area contributed by atoms with Gasteiger partial charge in [-0.25, -0.2) is 0 Å². The molecule has 0 radical (unpaired) electrons. The Kier molecular flexibility index (Phi) is 7.53. The number of para-hydroxylation sites is 2. The van der Waals surface area contributed by atoms with Crippen molar-refractivity contribution in [1.29, 1.82) is 15.8 Å². The van der Waals surface area contributed by atoms with Gasteiger partial charge in [0.2, 0.25) is 0 Å². The first-order chi connectivity index (χ1) is 27.6. The number of nitriles is 3. The van der Waals surface area contributed by atoms with Crippen molar-refractivity contribution in [2.75, 3.05) is 0 Å². The maximum atomic E-state index is 10.1. The van der Waals surface area contributed by atoms with Gasteiger partial charge < -0.3 is 9.13 Å². The first-order valence-electron chi connectivity index (χ1n) is 18.2. The Balaban J connectivity index is 1.31. The van der Waals surface area contributed by atoms with Crippen molar-refractivity contribution < 1.29 is 0 Å². The quantitative estimate of drug-likeness (QED) is 0.177. The summed E-state index contributed by atoms with van der Waals surface area (Å²) in [6, 6.07) is 59.8. The number of rotatable bonds is 5. The largest absolute Gasteiger partial charge is 0.307 e. The van der Waals surface area contributed by atoms with E-state index in [1.165, 1.54) is 0 Å². The summed E-state index contributed by atoms with van der Waals surface area (Å²) < 4.78 is 4.58. The normalized spacial score (nSPS) is 11.2. The standard InChI is InChI=1S/C50H28N6/c51-27-32-12-16-35(17-13-32)37-20-22-42-40-8-1-3-10-44(40)55(46(42)25-37)48-30-54-31-49(50(48)39-7-5-6-34(24-39)29-53)56-45-11-4-2-9-41(45)43-23-21-38(26-47(43)56)36-18-14-33(28-52)15-19-36/h1-26,30-31H. The highest BCUT2D eigenvalue weighted by atomic mass is 15.0. The first kappa shape index (κ1) is 32.4. The number of hydrogen-bond donors (Lipinski definition) is 0. The fourth-order valence-electron chi connectivity index (χ4n) is 8.11. The van der Waals surface area contributed by atoms with Gasteiger partial charge in [-0.2, -0.15) is 15.8 Å². The molecule has 3 aromatic heterocycles. The van der Waals surface area contributed by atoms with Crippen LogP contribution in [0.15, 0.2) is 170 Å². The molecule has 0 saturated carbocycles. The van der Waals surface area contributed by atoms with Crippen LogP contribution in [0, 0.1) is 34.0 Å². The van der Waals surface area contributed by atoms with E-state index in [4.69, 9.17) is 4.98 Å². The smallest absolute Gasteiger partial charge is 0.0991 e. The molecule has 6 heteroatoms. The zero-order chi connectivity index (χ0) is 37.8. The molecule has 0 aliphatic rings. The van der Waals surface area contributed by atoms with Gasteiger partial charge in [-0.05, 0) is 88.5 Å². The molecule has 56 heavy (non-hydrogen) atoms. The molecule has 7 aromatic carbocycles. The molecule has 0 N–H and O–H groups in total. The summed E-state index contributed by atoms with van der Waals surface area (Å²) in [4.78, 5) is 4.98. The van der Waals surface area contributed by atoms with Gasteiger partial charge in [-0.3, -0.25) is 4.98 Å². The third-order valence-corrected chi connectivity index (χ3v) is 10.7. The third kappa shape index (κ3) is 5.12. The van der Waals surface area contributed by atoms with Crippen molar-refractivity contribution >= 4 is 43.6 Å². The molecule has 0 unspecified atom stereocenters. The summed E-state index contributed by atoms with van der Waals surface area (Å²) in [6.07, 6.45) is 3.85. The SMILES string of the molecule is N#Cc1ccc(-c2ccc3c4ccccc4n(-c4cncc(-n5c6ccccc6c6ccc(-c7ccc(C#N)cc7)cc65)c4-c4cccc(C#N)c4)c3c2)cc1. The second-order valence-corrected chi connectivity index (χ2v) is 13.8. The molecular formula is C50H28N6. The van der Waals surface area contributed by atoms with Crippen LogP contribution in [-0.2, 0) is 0 Å². The van der Waals surface area contributed by atoms with Crippen LogP contribution in [-0.4, -0.2) is 14.1 Å². The molecule has 0 bridgehead atoms. The summed E-state index contributed by atoms with van der Waals surface area (Å²) in [6.45, 7) is 0. The van der Waals surface area contributed by atoms with Crippen LogP contribution in [0.5, 0.6) is 0 Å². The lowest BCUT2D eigenvalue weighted by molar-refractivity contribution is 1.09. The number of benzene rings is 7. The van der Waals surface area contributed by atoms with Crippen LogP contribution in [0.2, 0.25) is 0 Å². The zero-order valence-electron chi connectivity index (χ0n) is 29.8. The van der Waals surface area contributed by atoms with E-state index >= 15 is 0 Å². The Morgan fingerprint density at radius 1 is 0.357 bits per heavy atom. The minimum Gasteiger partial charge on any atom is -0.307 e. The van der Waals surface area contributed by atoms with Crippen LogP contribution in [0.25, 0.3) is 88.4 Å². The molecule has 10 aromatic rings. The number of hydrogen-bond acceptors (Lipinski definition) is 4. The highest BCUT2D eigenvalue weighted by Gasteiger charge is 2.23. The fraction of sp³-hybridized carbons (Fsp3) is 0. The van der Waals surface area contributed by atoms with Crippen LogP contribution in [0.1, 0.15) is 16.7 Å². The minimum absolute atomic E-state index is 0.562. The van der Waals surface area contributed by atoms with Gasteiger partial charge in [0.05, 0.1) is 80.7 Å². The Morgan fingerprint density at radius 3 is 1.29 bits per heavy atom. The second kappa shape index (κ2) is 13.0. The predicted molar refractivity (Wildman–Crippen MR) is 223 cm³/mol. The summed E-state index contributed by atoms with van der Waals surface area (Å²) in [5.74, 6) is 0. The lowest BCUT2D eigenvalue weighted by Gasteiger charge is -2.20. The van der Waals surface area contributed by atoms with Crippen molar-refractivity contribution in [1.82, 2.24) is 14.1 Å². The topological polar surface area (TPSA) is 94.1 Å². The number of nitrogens with zero attached hydrogens (tertiary/aromatic N) is 6. The Morgan fingerprint density at radius 2 is 0.804 bits per heavy atom. The Labute approximate surface area is 322 Å². The van der Waals surface area contributed by atoms with Crippen molar-refractivity contribution in [3.63, 3.8) is 0 Å². The van der Waals surface area contributed by atoms with E-state index in [1.54, 1.807) is 0 Å². The Bertz CT molecular complexity index is 3130. The monoisotopic (exact) mass is 712 g/mol. The molecule has 6 nitrogen and oxygen atoms in total. The molecule has 0 aliphatic carbocycles. The second-order valence-electron chi connectivity index (χ2n) is 13.8. The van der Waals surface area contributed by atoms with E-state index in [1.807, 2.05) is 79.1 Å². The summed E-state index contributed by atoms with van der Waals surface area (Å²) in [5.41, 5.74) is 13.5. The summed E-state index contributed by atoms with van der Waals surface area (Å²) in [7, 11) is 0. The van der Waals surface area contributed by atoms with E-state index in [-0.39, 0.29) is 0 Å². The maximum absolute atomic E-state index is 10.1. The number of fused-ring (bicyclic) bond motifs is 6. The molecule has 0 spiro atoms. The van der Waals surface area contributed by atoms with Gasteiger partial charge in [0.25, 0.3) is 0 Å². The predicted octanol–water partition coefficient (Wildman–Crippen LogP) is 11.9. The van der Waals surface area contributed by atoms with E-state index < -0.39 is 0 Å². The zero-order valence-corrected chi connectivity index (χ0v) is 29.8. The molecule has 258 valence electrons. The summed E-state index contributed by atoms with van der Waals surface area (Å²) >= 11 is 0. The lowest BCUT2D eigenvalue weighted by Crippen LogP contribution is -2.05. The molecule has 3 heterocycles. The molecule has 10 rings (SSSR count). The highest BCUT2D eigenvalue weighted by molar-refractivity contribution is 6.13. The van der Waals surface area contributed by atoms with Crippen LogP contribution in [0.3, 0.4) is 0 Å². The molecule has 0 atom stereocenters. The highest BCUT2D eigenvalue weighted by Crippen LogP contribution is 2.43. The molecule has 0 saturated heterocycles.